The number of anilines is 1. The Hall–Kier alpha value is -3.74. The van der Waals surface area contributed by atoms with Crippen LogP contribution in [0.15, 0.2) is 78.9 Å². The molecule has 7 heteroatoms. The van der Waals surface area contributed by atoms with E-state index in [1.54, 1.807) is 0 Å². The van der Waals surface area contributed by atoms with Crippen molar-refractivity contribution in [3.05, 3.63) is 78.9 Å². The topological polar surface area (TPSA) is 64.7 Å². The van der Waals surface area contributed by atoms with Crippen molar-refractivity contribution in [1.82, 2.24) is 30.0 Å². The molecule has 2 unspecified atom stereocenters. The summed E-state index contributed by atoms with van der Waals surface area (Å²) in [4.78, 5) is 2.42. The van der Waals surface area contributed by atoms with Crippen LogP contribution in [0.3, 0.4) is 0 Å². The predicted molar refractivity (Wildman–Crippen MR) is 116 cm³/mol. The Labute approximate surface area is 173 Å². The SMILES string of the molecule is c1ccc(N2C(n3nnc4ccccc43)CCCC2n2nnc3ccccc32)cc1. The number of hydrogen-bond donors (Lipinski definition) is 0. The fraction of sp³-hybridized carbons (Fsp3) is 0.217. The summed E-state index contributed by atoms with van der Waals surface area (Å²) in [7, 11) is 0. The van der Waals surface area contributed by atoms with Gasteiger partial charge in [-0.3, -0.25) is 0 Å². The number of hydrogen-bond acceptors (Lipinski definition) is 5. The average Bonchev–Trinajstić information content (AvgIpc) is 3.44. The lowest BCUT2D eigenvalue weighted by atomic mass is 10.0. The molecular weight excluding hydrogens is 374 g/mol. The molecule has 1 fully saturated rings. The zero-order valence-corrected chi connectivity index (χ0v) is 16.4. The smallest absolute Gasteiger partial charge is 0.127 e. The van der Waals surface area contributed by atoms with E-state index in [1.807, 2.05) is 42.5 Å². The number of rotatable bonds is 3. The van der Waals surface area contributed by atoms with E-state index < -0.39 is 0 Å². The Morgan fingerprint density at radius 1 is 0.600 bits per heavy atom. The molecule has 0 spiro atoms. The van der Waals surface area contributed by atoms with E-state index in [1.165, 1.54) is 0 Å². The normalized spacial score (nSPS) is 19.5. The second-order valence-corrected chi connectivity index (χ2v) is 7.68. The van der Waals surface area contributed by atoms with E-state index in [2.05, 4.69) is 71.3 Å². The van der Waals surface area contributed by atoms with Crippen molar-refractivity contribution in [3.63, 3.8) is 0 Å². The van der Waals surface area contributed by atoms with Crippen LogP contribution in [0.5, 0.6) is 0 Å². The minimum atomic E-state index is 0.0431. The number of fused-ring (bicyclic) bond motifs is 2. The molecule has 0 radical (unpaired) electrons. The van der Waals surface area contributed by atoms with Gasteiger partial charge in [0.25, 0.3) is 0 Å². The molecule has 0 bridgehead atoms. The molecule has 148 valence electrons. The maximum absolute atomic E-state index is 4.55. The van der Waals surface area contributed by atoms with Gasteiger partial charge in [0.1, 0.15) is 23.4 Å². The van der Waals surface area contributed by atoms with Crippen LogP contribution < -0.4 is 4.90 Å². The first-order valence-electron chi connectivity index (χ1n) is 10.3. The van der Waals surface area contributed by atoms with Crippen LogP contribution in [0.25, 0.3) is 22.1 Å². The van der Waals surface area contributed by atoms with Crippen LogP contribution in [-0.2, 0) is 0 Å². The highest BCUT2D eigenvalue weighted by Gasteiger charge is 2.35. The molecule has 7 nitrogen and oxygen atoms in total. The van der Waals surface area contributed by atoms with Crippen molar-refractivity contribution in [2.24, 2.45) is 0 Å². The third-order valence-corrected chi connectivity index (χ3v) is 5.94. The number of nitrogens with zero attached hydrogens (tertiary/aromatic N) is 7. The van der Waals surface area contributed by atoms with Gasteiger partial charge in [0.15, 0.2) is 0 Å². The minimum absolute atomic E-state index is 0.0431. The quantitative estimate of drug-likeness (QED) is 0.448. The summed E-state index contributed by atoms with van der Waals surface area (Å²) in [6.07, 6.45) is 3.14. The highest BCUT2D eigenvalue weighted by atomic mass is 15.6. The van der Waals surface area contributed by atoms with E-state index in [0.717, 1.165) is 47.0 Å². The second kappa shape index (κ2) is 6.95. The molecule has 6 rings (SSSR count). The van der Waals surface area contributed by atoms with E-state index in [-0.39, 0.29) is 12.3 Å². The Kier molecular flexibility index (Phi) is 3.97. The summed E-state index contributed by atoms with van der Waals surface area (Å²) in [5.74, 6) is 0. The van der Waals surface area contributed by atoms with Gasteiger partial charge >= 0.3 is 0 Å². The lowest BCUT2D eigenvalue weighted by Crippen LogP contribution is -2.42. The van der Waals surface area contributed by atoms with Crippen LogP contribution in [0, 0.1) is 0 Å². The fourth-order valence-corrected chi connectivity index (χ4v) is 4.60. The number of piperidine rings is 1. The average molecular weight is 395 g/mol. The maximum atomic E-state index is 4.55. The summed E-state index contributed by atoms with van der Waals surface area (Å²) in [5, 5.41) is 17.9. The van der Waals surface area contributed by atoms with Gasteiger partial charge in [-0.05, 0) is 55.7 Å². The Balaban J connectivity index is 1.53. The molecule has 2 aromatic heterocycles. The summed E-state index contributed by atoms with van der Waals surface area (Å²) in [5.41, 5.74) is 5.07. The molecule has 0 saturated carbocycles. The van der Waals surface area contributed by atoms with Crippen molar-refractivity contribution in [1.29, 1.82) is 0 Å². The fourth-order valence-electron chi connectivity index (χ4n) is 4.60. The van der Waals surface area contributed by atoms with Crippen LogP contribution in [0.2, 0.25) is 0 Å². The van der Waals surface area contributed by atoms with Gasteiger partial charge in [-0.2, -0.15) is 0 Å². The minimum Gasteiger partial charge on any atom is -0.327 e. The molecule has 2 atom stereocenters. The lowest BCUT2D eigenvalue weighted by Gasteiger charge is -2.43. The molecule has 5 aromatic rings. The van der Waals surface area contributed by atoms with Gasteiger partial charge < -0.3 is 4.90 Å². The highest BCUT2D eigenvalue weighted by molar-refractivity contribution is 5.75. The zero-order chi connectivity index (χ0) is 19.9. The van der Waals surface area contributed by atoms with E-state index in [0.29, 0.717) is 0 Å². The Morgan fingerprint density at radius 3 is 1.67 bits per heavy atom. The number of benzene rings is 3. The van der Waals surface area contributed by atoms with Crippen molar-refractivity contribution >= 4 is 27.8 Å². The summed E-state index contributed by atoms with van der Waals surface area (Å²) < 4.78 is 4.13. The molecule has 0 N–H and O–H groups in total. The summed E-state index contributed by atoms with van der Waals surface area (Å²) in [6.45, 7) is 0. The highest BCUT2D eigenvalue weighted by Crippen LogP contribution is 2.41. The van der Waals surface area contributed by atoms with Crippen LogP contribution in [-0.4, -0.2) is 30.0 Å². The monoisotopic (exact) mass is 395 g/mol. The van der Waals surface area contributed by atoms with Crippen molar-refractivity contribution in [3.8, 4) is 0 Å². The Bertz CT molecular complexity index is 1220. The molecule has 3 aromatic carbocycles. The lowest BCUT2D eigenvalue weighted by molar-refractivity contribution is 0.247. The number of para-hydroxylation sites is 3. The first-order valence-corrected chi connectivity index (χ1v) is 10.3. The largest absolute Gasteiger partial charge is 0.327 e. The van der Waals surface area contributed by atoms with Crippen LogP contribution in [0.4, 0.5) is 5.69 Å². The summed E-state index contributed by atoms with van der Waals surface area (Å²) >= 11 is 0. The molecule has 1 aliphatic rings. The molecule has 0 amide bonds. The standard InChI is InChI=1S/C23H21N7/c1-2-9-17(10-3-1)28-22(29-20-13-6-4-11-18(20)24-26-29)15-8-16-23(28)30-21-14-7-5-12-19(21)25-27-30/h1-7,9-14,22-23H,8,15-16H2. The predicted octanol–water partition coefficient (Wildman–Crippen LogP) is 4.56. The van der Waals surface area contributed by atoms with Crippen LogP contribution in [0.1, 0.15) is 31.6 Å². The zero-order valence-electron chi connectivity index (χ0n) is 16.4. The molecule has 30 heavy (non-hydrogen) atoms. The molecule has 0 aliphatic carbocycles. The molecule has 1 saturated heterocycles. The van der Waals surface area contributed by atoms with E-state index >= 15 is 0 Å². The van der Waals surface area contributed by atoms with E-state index in [4.69, 9.17) is 0 Å². The van der Waals surface area contributed by atoms with Gasteiger partial charge in [-0.15, -0.1) is 10.2 Å². The van der Waals surface area contributed by atoms with Crippen molar-refractivity contribution in [2.45, 2.75) is 31.6 Å². The molecule has 1 aliphatic heterocycles. The van der Waals surface area contributed by atoms with E-state index in [9.17, 15) is 0 Å². The Morgan fingerprint density at radius 2 is 1.10 bits per heavy atom. The van der Waals surface area contributed by atoms with Crippen LogP contribution >= 0.6 is 0 Å². The first-order chi connectivity index (χ1) is 14.9. The third kappa shape index (κ3) is 2.66. The van der Waals surface area contributed by atoms with Gasteiger partial charge in [0, 0.05) is 5.69 Å². The van der Waals surface area contributed by atoms with Gasteiger partial charge in [0.05, 0.1) is 11.0 Å². The molecule has 3 heterocycles. The molecular formula is C23H21N7. The van der Waals surface area contributed by atoms with Crippen molar-refractivity contribution in [2.75, 3.05) is 4.90 Å². The van der Waals surface area contributed by atoms with Crippen molar-refractivity contribution < 1.29 is 0 Å². The first kappa shape index (κ1) is 17.1. The summed E-state index contributed by atoms with van der Waals surface area (Å²) in [6, 6.07) is 26.8. The number of aromatic nitrogens is 6. The van der Waals surface area contributed by atoms with Gasteiger partial charge in [-0.1, -0.05) is 52.9 Å². The van der Waals surface area contributed by atoms with Gasteiger partial charge in [0.2, 0.25) is 0 Å². The second-order valence-electron chi connectivity index (χ2n) is 7.68. The van der Waals surface area contributed by atoms with Gasteiger partial charge in [-0.25, -0.2) is 9.36 Å². The third-order valence-electron chi connectivity index (χ3n) is 5.94. The maximum Gasteiger partial charge on any atom is 0.127 e.